The number of carbonyl (C=O) groups is 2. The van der Waals surface area contributed by atoms with Gasteiger partial charge in [-0.2, -0.15) is 13.2 Å². The van der Waals surface area contributed by atoms with Crippen LogP contribution in [0, 0.1) is 6.92 Å². The number of amides is 1. The van der Waals surface area contributed by atoms with E-state index >= 15 is 0 Å². The molecular formula is C51H58F3NO5. The molecule has 6 nitrogen and oxygen atoms in total. The summed E-state index contributed by atoms with van der Waals surface area (Å²) in [6.45, 7) is 9.72. The van der Waals surface area contributed by atoms with Crippen LogP contribution in [0.1, 0.15) is 131 Å². The number of alkyl halides is 3. The van der Waals surface area contributed by atoms with E-state index in [0.29, 0.717) is 30.4 Å². The van der Waals surface area contributed by atoms with Gasteiger partial charge in [-0.15, -0.1) is 0 Å². The molecule has 3 N–H and O–H groups in total. The summed E-state index contributed by atoms with van der Waals surface area (Å²) in [5.41, 5.74) is 8.17. The van der Waals surface area contributed by atoms with E-state index in [-0.39, 0.29) is 60.2 Å². The van der Waals surface area contributed by atoms with Gasteiger partial charge in [0.1, 0.15) is 18.1 Å². The summed E-state index contributed by atoms with van der Waals surface area (Å²) in [4.78, 5) is 27.2. The van der Waals surface area contributed by atoms with Gasteiger partial charge < -0.3 is 20.3 Å². The summed E-state index contributed by atoms with van der Waals surface area (Å²) in [6.07, 6.45) is 9.03. The van der Waals surface area contributed by atoms with E-state index in [1.165, 1.54) is 11.6 Å². The maximum absolute atomic E-state index is 14.2. The Hall–Kier alpha value is -5.15. The molecule has 9 heteroatoms. The number of aryl methyl sites for hydroxylation is 1. The van der Waals surface area contributed by atoms with Crippen LogP contribution in [0.15, 0.2) is 119 Å². The molecule has 3 aromatic rings. The molecule has 1 amide bonds. The molecule has 6 rings (SSSR count). The van der Waals surface area contributed by atoms with Crippen molar-refractivity contribution in [2.24, 2.45) is 0 Å². The lowest BCUT2D eigenvalue weighted by Gasteiger charge is -2.38. The van der Waals surface area contributed by atoms with Crippen LogP contribution in [0.4, 0.5) is 13.2 Å². The van der Waals surface area contributed by atoms with Crippen molar-refractivity contribution < 1.29 is 37.7 Å². The lowest BCUT2D eigenvalue weighted by Crippen LogP contribution is -2.34. The number of ketones is 1. The van der Waals surface area contributed by atoms with Crippen LogP contribution in [0.2, 0.25) is 0 Å². The molecule has 0 radical (unpaired) electrons. The number of hydrogen-bond acceptors (Lipinski definition) is 5. The molecule has 3 aromatic carbocycles. The highest BCUT2D eigenvalue weighted by atomic mass is 19.4. The Morgan fingerprint density at radius 1 is 0.917 bits per heavy atom. The fourth-order valence-corrected chi connectivity index (χ4v) is 8.92. The summed E-state index contributed by atoms with van der Waals surface area (Å²) in [5, 5.41) is 23.4. The van der Waals surface area contributed by atoms with Gasteiger partial charge in [0.2, 0.25) is 5.91 Å². The van der Waals surface area contributed by atoms with E-state index < -0.39 is 11.7 Å². The van der Waals surface area contributed by atoms with Gasteiger partial charge in [0.15, 0.2) is 5.78 Å². The van der Waals surface area contributed by atoms with E-state index in [9.17, 15) is 33.0 Å². The van der Waals surface area contributed by atoms with Crippen LogP contribution in [0.25, 0.3) is 5.57 Å². The van der Waals surface area contributed by atoms with Crippen LogP contribution in [0.3, 0.4) is 0 Å². The third kappa shape index (κ3) is 11.8. The van der Waals surface area contributed by atoms with Gasteiger partial charge in [0.25, 0.3) is 0 Å². The Kier molecular flexibility index (Phi) is 14.8. The largest absolute Gasteiger partial charge is 0.508 e. The summed E-state index contributed by atoms with van der Waals surface area (Å²) in [7, 11) is 0. The molecule has 1 saturated carbocycles. The number of benzene rings is 3. The molecule has 0 spiro atoms. The van der Waals surface area contributed by atoms with Crippen molar-refractivity contribution in [3.8, 4) is 11.5 Å². The number of carbonyl (C=O) groups excluding carboxylic acids is 2. The molecule has 3 aliphatic rings. The van der Waals surface area contributed by atoms with Gasteiger partial charge in [-0.3, -0.25) is 9.59 Å². The first-order valence-corrected chi connectivity index (χ1v) is 21.2. The number of phenolic OH excluding ortho intramolecular Hbond substituents is 1. The highest BCUT2D eigenvalue weighted by molar-refractivity contribution is 5.93. The first-order valence-electron chi connectivity index (χ1n) is 21.2. The van der Waals surface area contributed by atoms with Gasteiger partial charge in [0.05, 0.1) is 11.7 Å². The molecule has 0 heterocycles. The third-order valence-corrected chi connectivity index (χ3v) is 12.1. The van der Waals surface area contributed by atoms with E-state index in [0.717, 1.165) is 102 Å². The average Bonchev–Trinajstić information content (AvgIpc) is 3.56. The van der Waals surface area contributed by atoms with Crippen molar-refractivity contribution in [1.82, 2.24) is 5.32 Å². The minimum absolute atomic E-state index is 0.00208. The maximum Gasteiger partial charge on any atom is 0.416 e. The summed E-state index contributed by atoms with van der Waals surface area (Å²) < 4.78 is 48.1. The van der Waals surface area contributed by atoms with Gasteiger partial charge in [0, 0.05) is 36.3 Å². The monoisotopic (exact) mass is 821 g/mol. The number of aliphatic hydroxyl groups is 1. The average molecular weight is 822 g/mol. The summed E-state index contributed by atoms with van der Waals surface area (Å²) in [6, 6.07) is 18.8. The van der Waals surface area contributed by atoms with E-state index in [1.807, 2.05) is 44.2 Å². The second-order valence-corrected chi connectivity index (χ2v) is 17.0. The minimum atomic E-state index is -4.57. The zero-order valence-corrected chi connectivity index (χ0v) is 35.0. The van der Waals surface area contributed by atoms with Crippen LogP contribution in [-0.4, -0.2) is 40.7 Å². The maximum atomic E-state index is 14.2. The molecular weight excluding hydrogens is 764 g/mol. The van der Waals surface area contributed by atoms with Crippen molar-refractivity contribution in [1.29, 1.82) is 0 Å². The van der Waals surface area contributed by atoms with Crippen molar-refractivity contribution >= 4 is 17.3 Å². The number of aliphatic hydroxyl groups excluding tert-OH is 1. The molecule has 60 heavy (non-hydrogen) atoms. The van der Waals surface area contributed by atoms with Gasteiger partial charge in [-0.25, -0.2) is 0 Å². The first-order chi connectivity index (χ1) is 28.6. The number of halogens is 3. The minimum Gasteiger partial charge on any atom is -0.508 e. The molecule has 1 fully saturated rings. The second kappa shape index (κ2) is 19.9. The molecule has 0 saturated heterocycles. The normalized spacial score (nSPS) is 22.8. The number of rotatable bonds is 12. The SMILES string of the molecule is C=C(C)COc1cc(C(F)(F)F)ccc1C1=C(C)C(c2ccc(C)cc2)C(c2ccc(O)cc2)/C(=C\C(=O)CC2=CCCC(NC(=O)C/C=C3\CCCC(O)CC3)CC2)C1. The Morgan fingerprint density at radius 2 is 1.63 bits per heavy atom. The Balaban J connectivity index is 1.29. The van der Waals surface area contributed by atoms with Crippen molar-refractivity contribution in [3.63, 3.8) is 0 Å². The van der Waals surface area contributed by atoms with Gasteiger partial charge in [-0.1, -0.05) is 89.1 Å². The Bertz CT molecular complexity index is 2160. The van der Waals surface area contributed by atoms with Crippen molar-refractivity contribution in [3.05, 3.63) is 147 Å². The number of ether oxygens (including phenoxy) is 1. The smallest absolute Gasteiger partial charge is 0.416 e. The van der Waals surface area contributed by atoms with Crippen LogP contribution in [-0.2, 0) is 15.8 Å². The fraction of sp³-hybridized carbons (Fsp3) is 0.412. The first kappa shape index (κ1) is 44.4. The van der Waals surface area contributed by atoms with Crippen LogP contribution in [0.5, 0.6) is 11.5 Å². The molecule has 4 atom stereocenters. The summed E-state index contributed by atoms with van der Waals surface area (Å²) in [5.74, 6) is -0.466. The number of allylic oxidation sites excluding steroid dienone is 7. The molecule has 0 aliphatic heterocycles. The Morgan fingerprint density at radius 3 is 2.35 bits per heavy atom. The topological polar surface area (TPSA) is 95.9 Å². The van der Waals surface area contributed by atoms with Crippen molar-refractivity contribution in [2.75, 3.05) is 6.61 Å². The van der Waals surface area contributed by atoms with Crippen molar-refractivity contribution in [2.45, 2.75) is 128 Å². The standard InChI is InChI=1S/C51H58F3NO5/c1-32(2)31-60-47-30-40(51(52,53)54)20-25-45(47)46-29-39(50(38-18-23-43(57)24-19-38)49(34(46)4)37-16-11-33(3)12-17-37)28-44(58)27-36-8-5-9-41(21-13-36)55-48(59)26-15-35-7-6-10-42(56)22-14-35/h8,11-12,15-20,23-25,28,30,41-42,49-50,56-57H,1,5-7,9-10,13-14,21-22,26-27,29,31H2,2-4H3,(H,55,59)/b35-15+,39-28-. The van der Waals surface area contributed by atoms with Crippen LogP contribution < -0.4 is 10.1 Å². The zero-order valence-electron chi connectivity index (χ0n) is 35.0. The quantitative estimate of drug-likeness (QED) is 0.0961. The fourth-order valence-electron chi connectivity index (χ4n) is 8.92. The third-order valence-electron chi connectivity index (χ3n) is 12.1. The van der Waals surface area contributed by atoms with E-state index in [4.69, 9.17) is 4.74 Å². The zero-order chi connectivity index (χ0) is 43.0. The molecule has 318 valence electrons. The number of hydrogen-bond donors (Lipinski definition) is 3. The highest BCUT2D eigenvalue weighted by Gasteiger charge is 2.38. The van der Waals surface area contributed by atoms with Crippen LogP contribution >= 0.6 is 0 Å². The molecule has 0 bridgehead atoms. The van der Waals surface area contributed by atoms with Gasteiger partial charge >= 0.3 is 6.18 Å². The molecule has 4 unspecified atom stereocenters. The Labute approximate surface area is 352 Å². The predicted octanol–water partition coefficient (Wildman–Crippen LogP) is 11.9. The number of nitrogens with one attached hydrogen (secondary N) is 1. The van der Waals surface area contributed by atoms with E-state index in [2.05, 4.69) is 30.1 Å². The molecule has 3 aliphatic carbocycles. The molecule has 0 aromatic heterocycles. The highest BCUT2D eigenvalue weighted by Crippen LogP contribution is 2.53. The second-order valence-electron chi connectivity index (χ2n) is 17.0. The summed E-state index contributed by atoms with van der Waals surface area (Å²) >= 11 is 0. The number of aromatic hydroxyl groups is 1. The predicted molar refractivity (Wildman–Crippen MR) is 232 cm³/mol. The lowest BCUT2D eigenvalue weighted by molar-refractivity contribution is -0.137. The number of phenols is 1. The van der Waals surface area contributed by atoms with E-state index in [1.54, 1.807) is 25.1 Å². The lowest BCUT2D eigenvalue weighted by atomic mass is 9.65. The van der Waals surface area contributed by atoms with Gasteiger partial charge in [-0.05, 0) is 138 Å².